The van der Waals surface area contributed by atoms with Crippen LogP contribution in [-0.4, -0.2) is 20.3 Å². The van der Waals surface area contributed by atoms with Crippen LogP contribution in [0.25, 0.3) is 0 Å². The number of amides is 1. The van der Waals surface area contributed by atoms with Crippen LogP contribution in [0, 0.1) is 0 Å². The molecule has 0 aliphatic rings. The van der Waals surface area contributed by atoms with Crippen LogP contribution >= 0.6 is 0 Å². The van der Waals surface area contributed by atoms with Gasteiger partial charge in [-0.3, -0.25) is 0 Å². The molecule has 23 heavy (non-hydrogen) atoms. The van der Waals surface area contributed by atoms with E-state index in [1.807, 2.05) is 60.7 Å². The fourth-order valence-corrected chi connectivity index (χ4v) is 1.54. The number of ether oxygens (including phenoxy) is 2. The Kier molecular flexibility index (Phi) is 14.6. The summed E-state index contributed by atoms with van der Waals surface area (Å²) in [4.78, 5) is 10.7. The lowest BCUT2D eigenvalue weighted by molar-refractivity contribution is 0.142. The molecule has 128 valence electrons. The molecule has 0 fully saturated rings. The molecule has 1 N–H and O–H groups in total. The fourth-order valence-electron chi connectivity index (χ4n) is 1.54. The lowest BCUT2D eigenvalue weighted by Gasteiger charge is -2.02. The minimum absolute atomic E-state index is 0. The first-order chi connectivity index (χ1) is 10.3. The van der Waals surface area contributed by atoms with Gasteiger partial charge in [-0.25, -0.2) is 4.79 Å². The maximum atomic E-state index is 10.7. The van der Waals surface area contributed by atoms with Gasteiger partial charge in [-0.15, -0.1) is 0 Å². The van der Waals surface area contributed by atoms with Gasteiger partial charge in [-0.1, -0.05) is 75.5 Å². The Bertz CT molecular complexity index is 501. The zero-order valence-corrected chi connectivity index (χ0v) is 12.4. The van der Waals surface area contributed by atoms with E-state index in [1.54, 1.807) is 7.11 Å². The number of rotatable bonds is 4. The second-order valence-corrected chi connectivity index (χ2v) is 4.23. The van der Waals surface area contributed by atoms with Crippen LogP contribution in [0.5, 0.6) is 0 Å². The molecule has 0 atom stereocenters. The molecule has 0 aliphatic heterocycles. The van der Waals surface area contributed by atoms with Gasteiger partial charge in [0.25, 0.3) is 0 Å². The summed E-state index contributed by atoms with van der Waals surface area (Å²) in [5.41, 5.74) is 2.21. The van der Waals surface area contributed by atoms with Gasteiger partial charge in [-0.05, 0) is 11.1 Å². The van der Waals surface area contributed by atoms with Crippen molar-refractivity contribution in [3.63, 3.8) is 0 Å². The molecule has 2 rings (SSSR count). The van der Waals surface area contributed by atoms with E-state index < -0.39 is 6.09 Å². The highest BCUT2D eigenvalue weighted by Gasteiger charge is 1.96. The van der Waals surface area contributed by atoms with E-state index in [9.17, 15) is 4.79 Å². The summed E-state index contributed by atoms with van der Waals surface area (Å²) in [6.45, 7) is 1.03. The van der Waals surface area contributed by atoms with Crippen molar-refractivity contribution in [3.05, 3.63) is 71.8 Å². The average Bonchev–Trinajstić information content (AvgIpc) is 2.55. The molecular formula is C19H29NO3. The summed E-state index contributed by atoms with van der Waals surface area (Å²) < 4.78 is 9.76. The minimum Gasteiger partial charge on any atom is -0.445 e. The number of hydrogen-bond acceptors (Lipinski definition) is 3. The van der Waals surface area contributed by atoms with Gasteiger partial charge in [0.15, 0.2) is 0 Å². The zero-order valence-electron chi connectivity index (χ0n) is 12.4. The SMILES string of the molecule is C.C.CNC(=O)OCc1ccccc1.COCc1ccccc1. The number of carbonyl (C=O) groups is 1. The Morgan fingerprint density at radius 1 is 0.870 bits per heavy atom. The van der Waals surface area contributed by atoms with Crippen LogP contribution < -0.4 is 5.32 Å². The second kappa shape index (κ2) is 14.6. The van der Waals surface area contributed by atoms with Crippen molar-refractivity contribution in [2.24, 2.45) is 0 Å². The molecule has 4 heteroatoms. The summed E-state index contributed by atoms with van der Waals surface area (Å²) in [7, 11) is 3.24. The molecule has 2 aromatic carbocycles. The van der Waals surface area contributed by atoms with Gasteiger partial charge in [-0.2, -0.15) is 0 Å². The van der Waals surface area contributed by atoms with E-state index >= 15 is 0 Å². The Morgan fingerprint density at radius 3 is 1.70 bits per heavy atom. The number of methoxy groups -OCH3 is 1. The topological polar surface area (TPSA) is 47.6 Å². The van der Waals surface area contributed by atoms with Gasteiger partial charge in [0.2, 0.25) is 0 Å². The lowest BCUT2D eigenvalue weighted by atomic mass is 10.2. The highest BCUT2D eigenvalue weighted by molar-refractivity contribution is 5.66. The Labute approximate surface area is 140 Å². The molecular weight excluding hydrogens is 290 g/mol. The Hall–Kier alpha value is -2.33. The van der Waals surface area contributed by atoms with Gasteiger partial charge in [0.05, 0.1) is 6.61 Å². The molecule has 4 nitrogen and oxygen atoms in total. The van der Waals surface area contributed by atoms with E-state index in [2.05, 4.69) is 5.32 Å². The van der Waals surface area contributed by atoms with Gasteiger partial charge >= 0.3 is 6.09 Å². The van der Waals surface area contributed by atoms with Crippen molar-refractivity contribution in [1.82, 2.24) is 5.32 Å². The van der Waals surface area contributed by atoms with E-state index in [0.29, 0.717) is 13.2 Å². The van der Waals surface area contributed by atoms with Crippen LogP contribution in [0.4, 0.5) is 4.79 Å². The van der Waals surface area contributed by atoms with Gasteiger partial charge in [0, 0.05) is 14.2 Å². The maximum Gasteiger partial charge on any atom is 0.407 e. The largest absolute Gasteiger partial charge is 0.445 e. The number of hydrogen-bond donors (Lipinski definition) is 1. The summed E-state index contributed by atoms with van der Waals surface area (Å²) in [5, 5.41) is 2.37. The van der Waals surface area contributed by atoms with Crippen molar-refractivity contribution in [1.29, 1.82) is 0 Å². The van der Waals surface area contributed by atoms with Crippen molar-refractivity contribution in [3.8, 4) is 0 Å². The number of carbonyl (C=O) groups excluding carboxylic acids is 1. The molecule has 0 heterocycles. The minimum atomic E-state index is -0.404. The predicted molar refractivity (Wildman–Crippen MR) is 96.3 cm³/mol. The molecule has 0 saturated heterocycles. The monoisotopic (exact) mass is 319 g/mol. The van der Waals surface area contributed by atoms with Crippen molar-refractivity contribution < 1.29 is 14.3 Å². The van der Waals surface area contributed by atoms with E-state index in [-0.39, 0.29) is 14.9 Å². The first-order valence-corrected chi connectivity index (χ1v) is 6.67. The average molecular weight is 319 g/mol. The highest BCUT2D eigenvalue weighted by atomic mass is 16.5. The molecule has 0 spiro atoms. The maximum absolute atomic E-state index is 10.7. The third-order valence-electron chi connectivity index (χ3n) is 2.57. The molecule has 1 amide bonds. The van der Waals surface area contributed by atoms with Gasteiger partial charge < -0.3 is 14.8 Å². The van der Waals surface area contributed by atoms with Crippen LogP contribution in [0.3, 0.4) is 0 Å². The normalized spacial score (nSPS) is 8.43. The van der Waals surface area contributed by atoms with Crippen molar-refractivity contribution in [2.45, 2.75) is 28.1 Å². The number of nitrogens with one attached hydrogen (secondary N) is 1. The van der Waals surface area contributed by atoms with Crippen LogP contribution in [0.2, 0.25) is 0 Å². The molecule has 0 radical (unpaired) electrons. The molecule has 0 bridgehead atoms. The smallest absolute Gasteiger partial charge is 0.407 e. The van der Waals surface area contributed by atoms with E-state index in [0.717, 1.165) is 5.56 Å². The Morgan fingerprint density at radius 2 is 1.30 bits per heavy atom. The van der Waals surface area contributed by atoms with Crippen LogP contribution in [-0.2, 0) is 22.7 Å². The Balaban J connectivity index is 0. The summed E-state index contributed by atoms with van der Waals surface area (Å²) in [6.07, 6.45) is -0.404. The molecule has 0 aliphatic carbocycles. The van der Waals surface area contributed by atoms with E-state index in [1.165, 1.54) is 12.6 Å². The standard InChI is InChI=1S/C9H11NO2.C8H10O.2CH4/c1-10-9(11)12-7-8-5-3-2-4-6-8;1-9-7-8-5-3-2-4-6-8;;/h2-6H,7H2,1H3,(H,10,11);2-6H,7H2,1H3;2*1H4. The highest BCUT2D eigenvalue weighted by Crippen LogP contribution is 2.00. The predicted octanol–water partition coefficient (Wildman–Crippen LogP) is 4.65. The van der Waals surface area contributed by atoms with Crippen molar-refractivity contribution in [2.75, 3.05) is 14.2 Å². The first-order valence-electron chi connectivity index (χ1n) is 6.67. The molecule has 2 aromatic rings. The van der Waals surface area contributed by atoms with Crippen LogP contribution in [0.15, 0.2) is 60.7 Å². The summed E-state index contributed by atoms with van der Waals surface area (Å²) >= 11 is 0. The fraction of sp³-hybridized carbons (Fsp3) is 0.316. The zero-order chi connectivity index (χ0) is 15.3. The number of benzene rings is 2. The summed E-state index contributed by atoms with van der Waals surface area (Å²) in [6, 6.07) is 19.6. The van der Waals surface area contributed by atoms with E-state index in [4.69, 9.17) is 9.47 Å². The second-order valence-electron chi connectivity index (χ2n) is 4.23. The van der Waals surface area contributed by atoms with Crippen LogP contribution in [0.1, 0.15) is 26.0 Å². The lowest BCUT2D eigenvalue weighted by Crippen LogP contribution is -2.18. The first kappa shape index (κ1) is 22.9. The number of alkyl carbamates (subject to hydrolysis) is 1. The molecule has 0 aromatic heterocycles. The quantitative estimate of drug-likeness (QED) is 0.892. The summed E-state index contributed by atoms with van der Waals surface area (Å²) in [5.74, 6) is 0. The third-order valence-corrected chi connectivity index (χ3v) is 2.57. The van der Waals surface area contributed by atoms with Crippen molar-refractivity contribution >= 4 is 6.09 Å². The molecule has 0 saturated carbocycles. The van der Waals surface area contributed by atoms with Gasteiger partial charge in [0.1, 0.15) is 6.61 Å². The third kappa shape index (κ3) is 11.0. The molecule has 0 unspecified atom stereocenters.